The molecule has 0 aliphatic heterocycles. The van der Waals surface area contributed by atoms with E-state index in [0.717, 1.165) is 30.6 Å². The Kier molecular flexibility index (Phi) is 3.72. The van der Waals surface area contributed by atoms with Gasteiger partial charge in [0, 0.05) is 6.04 Å². The number of thiophene rings is 1. The zero-order valence-electron chi connectivity index (χ0n) is 10.8. The van der Waals surface area contributed by atoms with Crippen molar-refractivity contribution in [1.29, 1.82) is 0 Å². The summed E-state index contributed by atoms with van der Waals surface area (Å²) in [6, 6.07) is 1.23. The van der Waals surface area contributed by atoms with Crippen LogP contribution in [0, 0.1) is 5.41 Å². The molecule has 7 heteroatoms. The number of carbonyl (C=O) groups is 1. The second-order valence-electron chi connectivity index (χ2n) is 5.64. The van der Waals surface area contributed by atoms with Gasteiger partial charge < -0.3 is 5.11 Å². The highest BCUT2D eigenvalue weighted by molar-refractivity contribution is 7.89. The van der Waals surface area contributed by atoms with Crippen LogP contribution >= 0.6 is 11.3 Å². The van der Waals surface area contributed by atoms with Crippen molar-refractivity contribution in [2.24, 2.45) is 5.41 Å². The highest BCUT2D eigenvalue weighted by atomic mass is 32.2. The van der Waals surface area contributed by atoms with Gasteiger partial charge in [-0.15, -0.1) is 11.3 Å². The van der Waals surface area contributed by atoms with Gasteiger partial charge in [-0.05, 0) is 36.1 Å². The van der Waals surface area contributed by atoms with E-state index in [2.05, 4.69) is 18.6 Å². The van der Waals surface area contributed by atoms with Crippen LogP contribution in [0.1, 0.15) is 42.8 Å². The van der Waals surface area contributed by atoms with Crippen molar-refractivity contribution in [2.45, 2.75) is 44.0 Å². The van der Waals surface area contributed by atoms with Crippen LogP contribution in [-0.2, 0) is 10.0 Å². The topological polar surface area (TPSA) is 83.5 Å². The van der Waals surface area contributed by atoms with Gasteiger partial charge in [0.2, 0.25) is 10.0 Å². The highest BCUT2D eigenvalue weighted by Gasteiger charge is 2.34. The Labute approximate surface area is 116 Å². The number of rotatable bonds is 4. The minimum absolute atomic E-state index is 0.110. The third-order valence-corrected chi connectivity index (χ3v) is 6.00. The largest absolute Gasteiger partial charge is 0.477 e. The standard InChI is InChI=1S/C12H17NO4S2/c1-12(2)5-3-8(7-12)13-19(16,17)9-4-6-18-10(9)11(14)15/h4,6,8,13H,3,5,7H2,1-2H3,(H,14,15). The number of hydrogen-bond donors (Lipinski definition) is 2. The Hall–Kier alpha value is -0.920. The zero-order chi connectivity index (χ0) is 14.3. The Bertz CT molecular complexity index is 589. The van der Waals surface area contributed by atoms with E-state index in [1.54, 1.807) is 0 Å². The molecule has 5 nitrogen and oxygen atoms in total. The smallest absolute Gasteiger partial charge is 0.347 e. The van der Waals surface area contributed by atoms with Gasteiger partial charge in [0.25, 0.3) is 0 Å². The van der Waals surface area contributed by atoms with Gasteiger partial charge in [0.1, 0.15) is 9.77 Å². The number of carboxylic acids is 1. The Morgan fingerprint density at radius 1 is 1.53 bits per heavy atom. The van der Waals surface area contributed by atoms with Crippen molar-refractivity contribution < 1.29 is 18.3 Å². The minimum atomic E-state index is -3.75. The third kappa shape index (κ3) is 3.16. The first-order chi connectivity index (χ1) is 8.71. The number of aromatic carboxylic acids is 1. The second-order valence-corrected chi connectivity index (χ2v) is 8.24. The molecular formula is C12H17NO4S2. The first kappa shape index (κ1) is 14.5. The van der Waals surface area contributed by atoms with Crippen molar-refractivity contribution in [3.63, 3.8) is 0 Å². The minimum Gasteiger partial charge on any atom is -0.477 e. The van der Waals surface area contributed by atoms with E-state index < -0.39 is 16.0 Å². The maximum atomic E-state index is 12.2. The van der Waals surface area contributed by atoms with Crippen LogP contribution < -0.4 is 4.72 Å². The van der Waals surface area contributed by atoms with E-state index in [1.165, 1.54) is 11.4 Å². The van der Waals surface area contributed by atoms with Crippen LogP contribution in [0.3, 0.4) is 0 Å². The molecule has 0 aromatic carbocycles. The summed E-state index contributed by atoms with van der Waals surface area (Å²) in [5, 5.41) is 10.5. The van der Waals surface area contributed by atoms with Crippen LogP contribution in [0.15, 0.2) is 16.3 Å². The molecule has 1 heterocycles. The lowest BCUT2D eigenvalue weighted by atomic mass is 9.92. The molecule has 2 N–H and O–H groups in total. The van der Waals surface area contributed by atoms with Crippen LogP contribution in [0.2, 0.25) is 0 Å². The molecule has 1 aliphatic carbocycles. The van der Waals surface area contributed by atoms with Crippen LogP contribution in [0.25, 0.3) is 0 Å². The number of carboxylic acid groups (broad SMARTS) is 1. The lowest BCUT2D eigenvalue weighted by molar-refractivity contribution is 0.0698. The Morgan fingerprint density at radius 3 is 2.74 bits per heavy atom. The van der Waals surface area contributed by atoms with Gasteiger partial charge >= 0.3 is 5.97 Å². The van der Waals surface area contributed by atoms with Crippen molar-refractivity contribution in [3.8, 4) is 0 Å². The van der Waals surface area contributed by atoms with Crippen LogP contribution in [-0.4, -0.2) is 25.5 Å². The lowest BCUT2D eigenvalue weighted by Crippen LogP contribution is -2.34. The number of sulfonamides is 1. The summed E-state index contributed by atoms with van der Waals surface area (Å²) in [4.78, 5) is 10.7. The molecule has 0 saturated heterocycles. The third-order valence-electron chi connectivity index (χ3n) is 3.40. The summed E-state index contributed by atoms with van der Waals surface area (Å²) in [5.41, 5.74) is 0.136. The predicted molar refractivity (Wildman–Crippen MR) is 73.0 cm³/mol. The van der Waals surface area contributed by atoms with Crippen molar-refractivity contribution in [2.75, 3.05) is 0 Å². The monoisotopic (exact) mass is 303 g/mol. The fourth-order valence-electron chi connectivity index (χ4n) is 2.48. The van der Waals surface area contributed by atoms with E-state index in [4.69, 9.17) is 5.11 Å². The maximum absolute atomic E-state index is 12.2. The summed E-state index contributed by atoms with van der Waals surface area (Å²) < 4.78 is 27.1. The molecule has 1 aromatic rings. The maximum Gasteiger partial charge on any atom is 0.347 e. The van der Waals surface area contributed by atoms with Gasteiger partial charge in [-0.3, -0.25) is 0 Å². The zero-order valence-corrected chi connectivity index (χ0v) is 12.5. The molecule has 0 bridgehead atoms. The molecule has 19 heavy (non-hydrogen) atoms. The fraction of sp³-hybridized carbons (Fsp3) is 0.583. The van der Waals surface area contributed by atoms with Crippen molar-refractivity contribution in [3.05, 3.63) is 16.3 Å². The predicted octanol–water partition coefficient (Wildman–Crippen LogP) is 2.30. The van der Waals surface area contributed by atoms with Gasteiger partial charge in [0.15, 0.2) is 0 Å². The summed E-state index contributed by atoms with van der Waals surface area (Å²) in [7, 11) is -3.75. The fourth-order valence-corrected chi connectivity index (χ4v) is 5.02. The average Bonchev–Trinajstić information content (AvgIpc) is 2.84. The van der Waals surface area contributed by atoms with E-state index in [0.29, 0.717) is 0 Å². The van der Waals surface area contributed by atoms with Gasteiger partial charge in [-0.1, -0.05) is 13.8 Å². The number of nitrogens with one attached hydrogen (secondary N) is 1. The highest BCUT2D eigenvalue weighted by Crippen LogP contribution is 2.37. The van der Waals surface area contributed by atoms with Crippen molar-refractivity contribution >= 4 is 27.3 Å². The molecule has 2 rings (SSSR count). The molecule has 1 atom stereocenters. The Morgan fingerprint density at radius 2 is 2.21 bits per heavy atom. The average molecular weight is 303 g/mol. The molecular weight excluding hydrogens is 286 g/mol. The van der Waals surface area contributed by atoms with E-state index in [1.807, 2.05) is 0 Å². The van der Waals surface area contributed by atoms with Gasteiger partial charge in [0.05, 0.1) is 0 Å². The molecule has 1 unspecified atom stereocenters. The van der Waals surface area contributed by atoms with Gasteiger partial charge in [-0.25, -0.2) is 17.9 Å². The molecule has 0 spiro atoms. The van der Waals surface area contributed by atoms with Crippen LogP contribution in [0.4, 0.5) is 0 Å². The first-order valence-electron chi connectivity index (χ1n) is 6.04. The van der Waals surface area contributed by atoms with Crippen molar-refractivity contribution in [1.82, 2.24) is 4.72 Å². The number of hydrogen-bond acceptors (Lipinski definition) is 4. The molecule has 0 radical (unpaired) electrons. The second kappa shape index (κ2) is 4.88. The molecule has 1 fully saturated rings. The summed E-state index contributed by atoms with van der Waals surface area (Å²) in [6.45, 7) is 4.21. The molecule has 1 saturated carbocycles. The van der Waals surface area contributed by atoms with E-state index in [-0.39, 0.29) is 21.2 Å². The molecule has 0 amide bonds. The van der Waals surface area contributed by atoms with E-state index in [9.17, 15) is 13.2 Å². The van der Waals surface area contributed by atoms with Gasteiger partial charge in [-0.2, -0.15) is 0 Å². The normalized spacial score (nSPS) is 22.5. The Balaban J connectivity index is 2.20. The molecule has 1 aliphatic rings. The summed E-state index contributed by atoms with van der Waals surface area (Å²) in [5.74, 6) is -1.21. The molecule has 106 valence electrons. The molecule has 1 aromatic heterocycles. The summed E-state index contributed by atoms with van der Waals surface area (Å²) >= 11 is 0.924. The SMILES string of the molecule is CC1(C)CCC(NS(=O)(=O)c2ccsc2C(=O)O)C1. The summed E-state index contributed by atoms with van der Waals surface area (Å²) in [6.07, 6.45) is 2.53. The quantitative estimate of drug-likeness (QED) is 0.894. The first-order valence-corrected chi connectivity index (χ1v) is 8.41. The van der Waals surface area contributed by atoms with Crippen LogP contribution in [0.5, 0.6) is 0 Å². The lowest BCUT2D eigenvalue weighted by Gasteiger charge is -2.17. The van der Waals surface area contributed by atoms with E-state index >= 15 is 0 Å².